The van der Waals surface area contributed by atoms with Gasteiger partial charge in [0.25, 0.3) is 0 Å². The van der Waals surface area contributed by atoms with Crippen LogP contribution in [0.2, 0.25) is 16.6 Å². The second-order valence-electron chi connectivity index (χ2n) is 7.36. The lowest BCUT2D eigenvalue weighted by Gasteiger charge is -2.38. The van der Waals surface area contributed by atoms with Crippen molar-refractivity contribution in [1.82, 2.24) is 0 Å². The third kappa shape index (κ3) is 5.28. The zero-order valence-electron chi connectivity index (χ0n) is 14.8. The Morgan fingerprint density at radius 1 is 0.842 bits per heavy atom. The summed E-state index contributed by atoms with van der Waals surface area (Å²) in [6, 6.07) is 0. The summed E-state index contributed by atoms with van der Waals surface area (Å²) in [4.78, 5) is 0. The molecule has 0 aromatic heterocycles. The van der Waals surface area contributed by atoms with Crippen molar-refractivity contribution in [2.24, 2.45) is 0 Å². The molecule has 0 aliphatic rings. The van der Waals surface area contributed by atoms with Gasteiger partial charge >= 0.3 is 0 Å². The molecule has 0 aromatic rings. The third-order valence-electron chi connectivity index (χ3n) is 4.31. The minimum atomic E-state index is -1.51. The summed E-state index contributed by atoms with van der Waals surface area (Å²) in [7, 11) is -1.70. The van der Waals surface area contributed by atoms with Crippen molar-refractivity contribution in [3.05, 3.63) is 0 Å². The predicted octanol–water partition coefficient (Wildman–Crippen LogP) is 5.69. The predicted molar refractivity (Wildman–Crippen MR) is 97.2 cm³/mol. The van der Waals surface area contributed by atoms with Crippen LogP contribution in [0.5, 0.6) is 0 Å². The van der Waals surface area contributed by atoms with Crippen molar-refractivity contribution in [2.45, 2.75) is 84.1 Å². The topological polar surface area (TPSA) is 0 Å². The van der Waals surface area contributed by atoms with Gasteiger partial charge in [0.15, 0.2) is 0 Å². The molecule has 0 saturated carbocycles. The Morgan fingerprint density at radius 3 is 1.37 bits per heavy atom. The number of hydrogen-bond donors (Lipinski definition) is 0. The van der Waals surface area contributed by atoms with Gasteiger partial charge in [-0.1, -0.05) is 68.0 Å². The fourth-order valence-electron chi connectivity index (χ4n) is 2.78. The van der Waals surface area contributed by atoms with Crippen LogP contribution in [0.4, 0.5) is 0 Å². The monoisotopic (exact) mass is 295 g/mol. The second kappa shape index (κ2) is 7.90. The van der Waals surface area contributed by atoms with Gasteiger partial charge in [-0.2, -0.15) is 0 Å². The molecule has 109 valence electrons. The first-order valence-electron chi connectivity index (χ1n) is 7.22. The minimum absolute atomic E-state index is 0. The largest absolute Gasteiger partial charge is 0.146 e. The molecular formula is C16H33BPSi. The molecule has 0 spiro atoms. The van der Waals surface area contributed by atoms with E-state index in [2.05, 4.69) is 80.2 Å². The summed E-state index contributed by atoms with van der Waals surface area (Å²) < 4.78 is 0. The molecule has 0 saturated heterocycles. The molecule has 3 radical (unpaired) electrons. The van der Waals surface area contributed by atoms with Crippen LogP contribution in [0.1, 0.15) is 62.3 Å². The van der Waals surface area contributed by atoms with E-state index in [-0.39, 0.29) is 16.3 Å². The molecule has 0 fully saturated rings. The maximum atomic E-state index is 3.86. The van der Waals surface area contributed by atoms with E-state index in [4.69, 9.17) is 0 Å². The Balaban J connectivity index is 0. The summed E-state index contributed by atoms with van der Waals surface area (Å²) in [5.74, 6) is 0. The lowest BCUT2D eigenvalue weighted by molar-refractivity contribution is 0.791. The van der Waals surface area contributed by atoms with Crippen molar-refractivity contribution in [3.63, 3.8) is 0 Å². The summed E-state index contributed by atoms with van der Waals surface area (Å²) in [6.45, 7) is 23.6. The Hall–Kier alpha value is 0.272. The zero-order valence-corrected chi connectivity index (χ0v) is 16.7. The Morgan fingerprint density at radius 2 is 1.16 bits per heavy atom. The van der Waals surface area contributed by atoms with Crippen molar-refractivity contribution >= 4 is 24.4 Å². The SMILES string of the molecule is CC(C)[Si](C#CP(C)C(C)(C)C)(C(C)C)C(C)C.[B]. The molecule has 0 bridgehead atoms. The summed E-state index contributed by atoms with van der Waals surface area (Å²) in [5, 5.41) is 0.355. The van der Waals surface area contributed by atoms with Crippen LogP contribution in [0.25, 0.3) is 0 Å². The summed E-state index contributed by atoms with van der Waals surface area (Å²) in [5.41, 5.74) is 9.77. The highest BCUT2D eigenvalue weighted by atomic mass is 31.1. The standard InChI is InChI=1S/C16H33PSi.B/c1-13(2)18(14(3)4,15(5)6)12-11-17(10)16(7,8)9;/h13-15H,1-10H3;. The van der Waals surface area contributed by atoms with Crippen molar-refractivity contribution < 1.29 is 0 Å². The first-order chi connectivity index (χ1) is 7.96. The van der Waals surface area contributed by atoms with Crippen molar-refractivity contribution in [3.8, 4) is 11.2 Å². The van der Waals surface area contributed by atoms with Crippen LogP contribution in [0, 0.1) is 11.2 Å². The Bertz CT molecular complexity index is 296. The van der Waals surface area contributed by atoms with Gasteiger partial charge in [0, 0.05) is 8.41 Å². The van der Waals surface area contributed by atoms with Gasteiger partial charge in [-0.25, -0.2) is 0 Å². The maximum absolute atomic E-state index is 3.86. The van der Waals surface area contributed by atoms with E-state index >= 15 is 0 Å². The number of rotatable bonds is 3. The van der Waals surface area contributed by atoms with Crippen LogP contribution in [-0.4, -0.2) is 28.3 Å². The Kier molecular flexibility index (Phi) is 8.96. The van der Waals surface area contributed by atoms with Gasteiger partial charge in [0.05, 0.1) is 0 Å². The molecule has 0 amide bonds. The van der Waals surface area contributed by atoms with E-state index in [0.29, 0.717) is 5.16 Å². The molecule has 0 aliphatic heterocycles. The van der Waals surface area contributed by atoms with E-state index in [1.165, 1.54) is 0 Å². The van der Waals surface area contributed by atoms with E-state index in [1.807, 2.05) is 0 Å². The van der Waals surface area contributed by atoms with E-state index in [0.717, 1.165) is 16.6 Å². The van der Waals surface area contributed by atoms with Gasteiger partial charge in [0.2, 0.25) is 0 Å². The second-order valence-corrected chi connectivity index (χ2v) is 15.6. The van der Waals surface area contributed by atoms with E-state index < -0.39 is 8.07 Å². The highest BCUT2D eigenvalue weighted by Crippen LogP contribution is 2.46. The highest BCUT2D eigenvalue weighted by Gasteiger charge is 2.41. The van der Waals surface area contributed by atoms with Gasteiger partial charge in [0.1, 0.15) is 8.07 Å². The van der Waals surface area contributed by atoms with E-state index in [1.54, 1.807) is 0 Å². The quantitative estimate of drug-likeness (QED) is 0.356. The molecule has 0 rings (SSSR count). The first kappa shape index (κ1) is 21.6. The first-order valence-corrected chi connectivity index (χ1v) is 11.2. The normalized spacial score (nSPS) is 14.2. The summed E-state index contributed by atoms with van der Waals surface area (Å²) >= 11 is 0. The van der Waals surface area contributed by atoms with Crippen LogP contribution < -0.4 is 0 Å². The molecule has 19 heavy (non-hydrogen) atoms. The average molecular weight is 295 g/mol. The molecule has 0 aliphatic carbocycles. The molecule has 1 atom stereocenters. The fraction of sp³-hybridized carbons (Fsp3) is 0.875. The van der Waals surface area contributed by atoms with Crippen LogP contribution >= 0.6 is 7.92 Å². The minimum Gasteiger partial charge on any atom is -0.126 e. The smallest absolute Gasteiger partial charge is 0.126 e. The summed E-state index contributed by atoms with van der Waals surface area (Å²) in [6.07, 6.45) is 0. The third-order valence-corrected chi connectivity index (χ3v) is 13.3. The van der Waals surface area contributed by atoms with Crippen LogP contribution in [0.3, 0.4) is 0 Å². The van der Waals surface area contributed by atoms with Gasteiger partial charge in [-0.3, -0.25) is 0 Å². The van der Waals surface area contributed by atoms with Gasteiger partial charge < -0.3 is 0 Å². The van der Waals surface area contributed by atoms with Gasteiger partial charge in [-0.05, 0) is 36.4 Å². The zero-order chi connectivity index (χ0) is 14.7. The molecule has 3 heteroatoms. The molecule has 0 aromatic carbocycles. The molecule has 0 N–H and O–H groups in total. The van der Waals surface area contributed by atoms with Crippen LogP contribution in [0.15, 0.2) is 0 Å². The molecule has 1 unspecified atom stereocenters. The van der Waals surface area contributed by atoms with Crippen molar-refractivity contribution in [2.75, 3.05) is 6.66 Å². The molecular weight excluding hydrogens is 262 g/mol. The number of hydrogen-bond acceptors (Lipinski definition) is 0. The highest BCUT2D eigenvalue weighted by molar-refractivity contribution is 7.63. The Labute approximate surface area is 126 Å². The fourth-order valence-corrected chi connectivity index (χ4v) is 9.43. The van der Waals surface area contributed by atoms with Crippen molar-refractivity contribution in [1.29, 1.82) is 0 Å². The van der Waals surface area contributed by atoms with Crippen LogP contribution in [-0.2, 0) is 0 Å². The lowest BCUT2D eigenvalue weighted by atomic mass is 10.3. The molecule has 0 heterocycles. The average Bonchev–Trinajstić information content (AvgIpc) is 2.14. The maximum Gasteiger partial charge on any atom is 0.146 e. The lowest BCUT2D eigenvalue weighted by Crippen LogP contribution is -2.43. The van der Waals surface area contributed by atoms with Gasteiger partial charge in [-0.15, -0.1) is 5.54 Å². The molecule has 0 nitrogen and oxygen atoms in total. The van der Waals surface area contributed by atoms with E-state index in [9.17, 15) is 0 Å².